The fourth-order valence-electron chi connectivity index (χ4n) is 4.54. The molecule has 0 saturated carbocycles. The minimum atomic E-state index is -3.48. The van der Waals surface area contributed by atoms with E-state index in [1.54, 1.807) is 12.1 Å². The summed E-state index contributed by atoms with van der Waals surface area (Å²) in [5, 5.41) is 9.33. The predicted octanol–water partition coefficient (Wildman–Crippen LogP) is 5.23. The van der Waals surface area contributed by atoms with Crippen LogP contribution in [0.3, 0.4) is 0 Å². The van der Waals surface area contributed by atoms with Gasteiger partial charge in [0.05, 0.1) is 33.2 Å². The Morgan fingerprint density at radius 1 is 1.24 bits per heavy atom. The maximum absolute atomic E-state index is 13.8. The van der Waals surface area contributed by atoms with E-state index < -0.39 is 9.73 Å². The molecular weight excluding hydrogens is 470 g/mol. The van der Waals surface area contributed by atoms with Crippen molar-refractivity contribution < 1.29 is 8.95 Å². The maximum atomic E-state index is 13.8. The van der Waals surface area contributed by atoms with Crippen LogP contribution in [0, 0.1) is 16.1 Å². The van der Waals surface area contributed by atoms with Gasteiger partial charge in [-0.2, -0.15) is 5.26 Å². The highest BCUT2D eigenvalue weighted by molar-refractivity contribution is 7.92. The number of fused-ring (bicyclic) bond motifs is 1. The number of ether oxygens (including phenoxy) is 1. The fraction of sp³-hybridized carbons (Fsp3) is 0.320. The van der Waals surface area contributed by atoms with Crippen LogP contribution < -0.4 is 9.64 Å². The van der Waals surface area contributed by atoms with Crippen LogP contribution >= 0.6 is 11.6 Å². The van der Waals surface area contributed by atoms with E-state index in [0.717, 1.165) is 60.7 Å². The van der Waals surface area contributed by atoms with E-state index in [-0.39, 0.29) is 20.4 Å². The Bertz CT molecular complexity index is 1450. The lowest BCUT2D eigenvalue weighted by atomic mass is 10.0. The number of halogens is 1. The second-order valence-electron chi connectivity index (χ2n) is 8.66. The third kappa shape index (κ3) is 3.69. The molecule has 34 heavy (non-hydrogen) atoms. The van der Waals surface area contributed by atoms with Gasteiger partial charge in [0.15, 0.2) is 0 Å². The maximum Gasteiger partial charge on any atom is 0.226 e. The Morgan fingerprint density at radius 2 is 2.06 bits per heavy atom. The first-order valence-electron chi connectivity index (χ1n) is 11.2. The largest absolute Gasteiger partial charge is 0.495 e. The highest BCUT2D eigenvalue weighted by Gasteiger charge is 2.30. The Morgan fingerprint density at radius 3 is 2.71 bits per heavy atom. The predicted molar refractivity (Wildman–Crippen MR) is 131 cm³/mol. The summed E-state index contributed by atoms with van der Waals surface area (Å²) in [6.45, 7) is 3.11. The summed E-state index contributed by atoms with van der Waals surface area (Å²) in [6.07, 6.45) is 3.96. The monoisotopic (exact) mass is 493 g/mol. The van der Waals surface area contributed by atoms with Crippen LogP contribution in [0.5, 0.6) is 5.75 Å². The smallest absolute Gasteiger partial charge is 0.226 e. The van der Waals surface area contributed by atoms with Crippen LogP contribution in [0.15, 0.2) is 46.2 Å². The standard InChI is InChI=1S/C25H24ClN5O2S/c1-15-10-11-31(15)25-29-21-5-3-4-19(21)24(30-25)16-7-9-22(33-2)23(12-16)34(28,32)18-8-6-17(14-27)20(26)13-18/h6-9,12-13,15,28H,3-5,10-11H2,1-2H3/t15-,34?/m0/s1. The van der Waals surface area contributed by atoms with E-state index >= 15 is 0 Å². The minimum absolute atomic E-state index is 0.164. The first-order chi connectivity index (χ1) is 16.3. The molecule has 2 atom stereocenters. The van der Waals surface area contributed by atoms with Crippen LogP contribution in [-0.4, -0.2) is 33.9 Å². The van der Waals surface area contributed by atoms with Gasteiger partial charge in [-0.15, -0.1) is 0 Å². The Hall–Kier alpha value is -3.15. The molecule has 1 N–H and O–H groups in total. The number of benzene rings is 2. The topological polar surface area (TPSA) is 103 Å². The zero-order chi connectivity index (χ0) is 24.0. The van der Waals surface area contributed by atoms with Gasteiger partial charge < -0.3 is 9.64 Å². The molecule has 1 aromatic heterocycles. The van der Waals surface area contributed by atoms with Crippen LogP contribution in [0.25, 0.3) is 11.3 Å². The van der Waals surface area contributed by atoms with Crippen molar-refractivity contribution in [1.29, 1.82) is 10.0 Å². The van der Waals surface area contributed by atoms with Crippen molar-refractivity contribution in [2.45, 2.75) is 48.4 Å². The van der Waals surface area contributed by atoms with Crippen molar-refractivity contribution >= 4 is 27.3 Å². The van der Waals surface area contributed by atoms with Gasteiger partial charge in [-0.3, -0.25) is 0 Å². The Balaban J connectivity index is 1.65. The number of hydrogen-bond acceptors (Lipinski definition) is 7. The molecular formula is C25H24ClN5O2S. The minimum Gasteiger partial charge on any atom is -0.495 e. The van der Waals surface area contributed by atoms with E-state index in [1.807, 2.05) is 12.1 Å². The molecule has 1 saturated heterocycles. The SMILES string of the molecule is COc1ccc(-c2nc(N3CC[C@@H]3C)nc3c2CCC3)cc1S(=N)(=O)c1ccc(C#N)c(Cl)c1. The van der Waals surface area contributed by atoms with Crippen molar-refractivity contribution in [3.05, 3.63) is 58.2 Å². The summed E-state index contributed by atoms with van der Waals surface area (Å²) >= 11 is 6.18. The molecule has 5 rings (SSSR count). The summed E-state index contributed by atoms with van der Waals surface area (Å²) in [7, 11) is -1.98. The zero-order valence-electron chi connectivity index (χ0n) is 19.0. The van der Waals surface area contributed by atoms with Crippen LogP contribution in [0.4, 0.5) is 5.95 Å². The molecule has 9 heteroatoms. The van der Waals surface area contributed by atoms with E-state index in [9.17, 15) is 4.21 Å². The summed E-state index contributed by atoms with van der Waals surface area (Å²) in [5.74, 6) is 1.09. The molecule has 174 valence electrons. The summed E-state index contributed by atoms with van der Waals surface area (Å²) < 4.78 is 28.1. The van der Waals surface area contributed by atoms with Crippen molar-refractivity contribution in [3.8, 4) is 23.1 Å². The van der Waals surface area contributed by atoms with Crippen molar-refractivity contribution in [2.75, 3.05) is 18.6 Å². The van der Waals surface area contributed by atoms with Crippen LogP contribution in [-0.2, 0) is 22.6 Å². The van der Waals surface area contributed by atoms with E-state index in [1.165, 1.54) is 25.3 Å². The molecule has 3 aromatic rings. The molecule has 0 spiro atoms. The Kier molecular flexibility index (Phi) is 5.70. The molecule has 0 bridgehead atoms. The first-order valence-corrected chi connectivity index (χ1v) is 13.1. The van der Waals surface area contributed by atoms with Gasteiger partial charge in [0, 0.05) is 29.4 Å². The summed E-state index contributed by atoms with van der Waals surface area (Å²) in [4.78, 5) is 12.5. The van der Waals surface area contributed by atoms with Crippen molar-refractivity contribution in [2.24, 2.45) is 0 Å². The first kappa shape index (κ1) is 22.6. The summed E-state index contributed by atoms with van der Waals surface area (Å²) in [6, 6.07) is 12.2. The van der Waals surface area contributed by atoms with Crippen molar-refractivity contribution in [3.63, 3.8) is 0 Å². The number of nitrogens with zero attached hydrogens (tertiary/aromatic N) is 4. The quantitative estimate of drug-likeness (QED) is 0.522. The average molecular weight is 494 g/mol. The number of hydrogen-bond donors (Lipinski definition) is 1. The zero-order valence-corrected chi connectivity index (χ0v) is 20.5. The number of rotatable bonds is 5. The molecule has 1 aliphatic heterocycles. The highest BCUT2D eigenvalue weighted by atomic mass is 35.5. The molecule has 2 heterocycles. The Labute approximate surface area is 204 Å². The van der Waals surface area contributed by atoms with Crippen molar-refractivity contribution in [1.82, 2.24) is 9.97 Å². The number of nitrogens with one attached hydrogen (secondary N) is 1. The number of anilines is 1. The van der Waals surface area contributed by atoms with E-state index in [2.05, 4.69) is 11.8 Å². The fourth-order valence-corrected chi connectivity index (χ4v) is 6.35. The molecule has 0 amide bonds. The van der Waals surface area contributed by atoms with Gasteiger partial charge in [-0.05, 0) is 69.0 Å². The van der Waals surface area contributed by atoms with E-state index in [4.69, 9.17) is 36.3 Å². The van der Waals surface area contributed by atoms with E-state index in [0.29, 0.717) is 11.8 Å². The number of aryl methyl sites for hydroxylation is 1. The van der Waals surface area contributed by atoms with Gasteiger partial charge in [0.1, 0.15) is 21.5 Å². The molecule has 0 radical (unpaired) electrons. The number of aromatic nitrogens is 2. The van der Waals surface area contributed by atoms with Crippen LogP contribution in [0.1, 0.15) is 36.6 Å². The number of methoxy groups -OCH3 is 1. The lowest BCUT2D eigenvalue weighted by Crippen LogP contribution is -2.46. The lowest BCUT2D eigenvalue weighted by molar-refractivity contribution is 0.404. The van der Waals surface area contributed by atoms with Gasteiger partial charge in [-0.25, -0.2) is 19.0 Å². The highest BCUT2D eigenvalue weighted by Crippen LogP contribution is 2.38. The molecule has 2 aliphatic rings. The normalized spacial score (nSPS) is 18.5. The van der Waals surface area contributed by atoms with Gasteiger partial charge in [0.2, 0.25) is 5.95 Å². The molecule has 2 aromatic carbocycles. The molecule has 1 fully saturated rings. The second-order valence-corrected chi connectivity index (χ2v) is 11.1. The van der Waals surface area contributed by atoms with Gasteiger partial charge in [-0.1, -0.05) is 11.6 Å². The summed E-state index contributed by atoms with van der Waals surface area (Å²) in [5.41, 5.74) is 4.07. The number of nitriles is 1. The average Bonchev–Trinajstić information content (AvgIpc) is 3.30. The second kappa shape index (κ2) is 8.57. The van der Waals surface area contributed by atoms with Gasteiger partial charge >= 0.3 is 0 Å². The third-order valence-electron chi connectivity index (χ3n) is 6.64. The molecule has 1 unspecified atom stereocenters. The third-order valence-corrected chi connectivity index (χ3v) is 8.81. The van der Waals surface area contributed by atoms with Gasteiger partial charge in [0.25, 0.3) is 0 Å². The lowest BCUT2D eigenvalue weighted by Gasteiger charge is -2.39. The molecule has 1 aliphatic carbocycles. The molecule has 7 nitrogen and oxygen atoms in total. The van der Waals surface area contributed by atoms with Crippen LogP contribution in [0.2, 0.25) is 5.02 Å².